The molecule has 0 amide bonds. The highest BCUT2D eigenvalue weighted by Gasteiger charge is 2.78. The fourth-order valence-electron chi connectivity index (χ4n) is 1.51. The van der Waals surface area contributed by atoms with Crippen LogP contribution in [-0.2, 0) is 4.74 Å². The van der Waals surface area contributed by atoms with Crippen molar-refractivity contribution in [3.63, 3.8) is 0 Å². The first-order valence-corrected chi connectivity index (χ1v) is 5.21. The summed E-state index contributed by atoms with van der Waals surface area (Å²) in [6.45, 7) is 2.66. The molecule has 0 aromatic carbocycles. The van der Waals surface area contributed by atoms with Crippen molar-refractivity contribution in [1.29, 1.82) is 0 Å². The van der Waals surface area contributed by atoms with Gasteiger partial charge in [0.15, 0.2) is 6.17 Å². The van der Waals surface area contributed by atoms with Crippen LogP contribution in [0.5, 0.6) is 0 Å². The standard InChI is InChI=1S/C10H9F9O/c1-2-4(5-3-20-5)6(11)8(14,15)10(18,19)9(16,17)7(12)13/h2,4-7H,1,3H2. The zero-order valence-corrected chi connectivity index (χ0v) is 9.61. The van der Waals surface area contributed by atoms with Gasteiger partial charge >= 0.3 is 24.2 Å². The van der Waals surface area contributed by atoms with Gasteiger partial charge in [0.25, 0.3) is 0 Å². The van der Waals surface area contributed by atoms with Gasteiger partial charge in [0.1, 0.15) is 0 Å². The summed E-state index contributed by atoms with van der Waals surface area (Å²) in [7, 11) is 0. The average molecular weight is 316 g/mol. The Bertz CT molecular complexity index is 364. The van der Waals surface area contributed by atoms with Crippen molar-refractivity contribution < 1.29 is 44.3 Å². The minimum Gasteiger partial charge on any atom is -0.372 e. The van der Waals surface area contributed by atoms with Crippen molar-refractivity contribution in [1.82, 2.24) is 0 Å². The summed E-state index contributed by atoms with van der Waals surface area (Å²) in [5.41, 5.74) is 0. The lowest BCUT2D eigenvalue weighted by Crippen LogP contribution is -2.62. The molecule has 3 unspecified atom stereocenters. The van der Waals surface area contributed by atoms with E-state index in [0.717, 1.165) is 0 Å². The van der Waals surface area contributed by atoms with Crippen LogP contribution in [0.3, 0.4) is 0 Å². The Balaban J connectivity index is 3.09. The molecule has 1 rings (SSSR count). The molecule has 0 aromatic rings. The molecule has 1 fully saturated rings. The SMILES string of the molecule is C=CC(C1CO1)C(F)C(F)(F)C(F)(F)C(F)(F)C(F)F. The molecule has 0 radical (unpaired) electrons. The highest BCUT2D eigenvalue weighted by atomic mass is 19.4. The maximum atomic E-state index is 13.5. The van der Waals surface area contributed by atoms with Crippen molar-refractivity contribution in [3.8, 4) is 0 Å². The molecular formula is C10H9F9O. The molecular weight excluding hydrogens is 307 g/mol. The molecule has 10 heteroatoms. The predicted octanol–water partition coefficient (Wildman–Crippen LogP) is 3.70. The lowest BCUT2D eigenvalue weighted by molar-refractivity contribution is -0.353. The molecule has 0 aliphatic carbocycles. The van der Waals surface area contributed by atoms with Gasteiger partial charge in [-0.1, -0.05) is 6.08 Å². The number of epoxide rings is 1. The monoisotopic (exact) mass is 316 g/mol. The van der Waals surface area contributed by atoms with Gasteiger partial charge < -0.3 is 4.74 Å². The van der Waals surface area contributed by atoms with E-state index in [2.05, 4.69) is 11.3 Å². The molecule has 118 valence electrons. The summed E-state index contributed by atoms with van der Waals surface area (Å²) in [6, 6.07) is 0. The highest BCUT2D eigenvalue weighted by molar-refractivity contribution is 5.08. The van der Waals surface area contributed by atoms with Crippen LogP contribution in [0.2, 0.25) is 0 Å². The first-order chi connectivity index (χ1) is 8.91. The Morgan fingerprint density at radius 3 is 1.75 bits per heavy atom. The van der Waals surface area contributed by atoms with Gasteiger partial charge in [0, 0.05) is 5.92 Å². The van der Waals surface area contributed by atoms with Gasteiger partial charge in [-0.2, -0.15) is 26.3 Å². The van der Waals surface area contributed by atoms with E-state index < -0.39 is 42.4 Å². The molecule has 1 saturated heterocycles. The maximum Gasteiger partial charge on any atom is 0.380 e. The fraction of sp³-hybridized carbons (Fsp3) is 0.800. The van der Waals surface area contributed by atoms with E-state index in [1.165, 1.54) is 0 Å². The minimum atomic E-state index is -6.57. The zero-order chi connectivity index (χ0) is 15.9. The summed E-state index contributed by atoms with van der Waals surface area (Å²) in [5.74, 6) is -21.0. The topological polar surface area (TPSA) is 12.5 Å². The summed E-state index contributed by atoms with van der Waals surface area (Å²) in [5, 5.41) is 0. The van der Waals surface area contributed by atoms with Crippen LogP contribution >= 0.6 is 0 Å². The van der Waals surface area contributed by atoms with E-state index in [-0.39, 0.29) is 6.61 Å². The molecule has 1 aliphatic rings. The van der Waals surface area contributed by atoms with E-state index in [1.807, 2.05) is 0 Å². The molecule has 0 spiro atoms. The number of alkyl halides is 9. The lowest BCUT2D eigenvalue weighted by Gasteiger charge is -2.35. The van der Waals surface area contributed by atoms with E-state index >= 15 is 0 Å². The third kappa shape index (κ3) is 2.49. The molecule has 0 N–H and O–H groups in total. The molecule has 1 aliphatic heterocycles. The molecule has 0 saturated carbocycles. The molecule has 20 heavy (non-hydrogen) atoms. The van der Waals surface area contributed by atoms with Crippen molar-refractivity contribution in [3.05, 3.63) is 12.7 Å². The fourth-order valence-corrected chi connectivity index (χ4v) is 1.51. The normalized spacial score (nSPS) is 23.6. The first kappa shape index (κ1) is 17.1. The molecule has 0 aromatic heterocycles. The van der Waals surface area contributed by atoms with Crippen molar-refractivity contribution in [2.45, 2.75) is 36.5 Å². The van der Waals surface area contributed by atoms with Crippen LogP contribution in [0.15, 0.2) is 12.7 Å². The molecule has 0 bridgehead atoms. The number of rotatable bonds is 7. The van der Waals surface area contributed by atoms with Crippen LogP contribution < -0.4 is 0 Å². The van der Waals surface area contributed by atoms with Crippen molar-refractivity contribution >= 4 is 0 Å². The third-order valence-electron chi connectivity index (χ3n) is 2.86. The van der Waals surface area contributed by atoms with Gasteiger partial charge in [-0.3, -0.25) is 0 Å². The van der Waals surface area contributed by atoms with Gasteiger partial charge in [-0.05, 0) is 0 Å². The quantitative estimate of drug-likeness (QED) is 0.396. The number of hydrogen-bond donors (Lipinski definition) is 0. The molecule has 1 heterocycles. The Morgan fingerprint density at radius 1 is 1.00 bits per heavy atom. The third-order valence-corrected chi connectivity index (χ3v) is 2.86. The van der Waals surface area contributed by atoms with E-state index in [1.54, 1.807) is 0 Å². The van der Waals surface area contributed by atoms with Crippen molar-refractivity contribution in [2.75, 3.05) is 6.61 Å². The number of hydrogen-bond acceptors (Lipinski definition) is 1. The second-order valence-electron chi connectivity index (χ2n) is 4.21. The molecule has 3 atom stereocenters. The minimum absolute atomic E-state index is 0.246. The Hall–Kier alpha value is -0.930. The highest BCUT2D eigenvalue weighted by Crippen LogP contribution is 2.52. The zero-order valence-electron chi connectivity index (χ0n) is 9.61. The van der Waals surface area contributed by atoms with E-state index in [0.29, 0.717) is 6.08 Å². The average Bonchev–Trinajstić information content (AvgIpc) is 3.13. The van der Waals surface area contributed by atoms with Gasteiger partial charge in [-0.15, -0.1) is 6.58 Å². The van der Waals surface area contributed by atoms with Crippen LogP contribution in [0, 0.1) is 5.92 Å². The van der Waals surface area contributed by atoms with Crippen LogP contribution in [0.1, 0.15) is 0 Å². The summed E-state index contributed by atoms with van der Waals surface area (Å²) >= 11 is 0. The lowest BCUT2D eigenvalue weighted by atomic mass is 9.90. The molecule has 1 nitrogen and oxygen atoms in total. The Labute approximate surface area is 107 Å². The smallest absolute Gasteiger partial charge is 0.372 e. The van der Waals surface area contributed by atoms with Crippen LogP contribution in [0.4, 0.5) is 39.5 Å². The van der Waals surface area contributed by atoms with E-state index in [4.69, 9.17) is 0 Å². The van der Waals surface area contributed by atoms with Crippen molar-refractivity contribution in [2.24, 2.45) is 5.92 Å². The first-order valence-electron chi connectivity index (χ1n) is 5.21. The maximum absolute atomic E-state index is 13.5. The number of halogens is 9. The summed E-state index contributed by atoms with van der Waals surface area (Å²) < 4.78 is 119. The van der Waals surface area contributed by atoms with Crippen LogP contribution in [0.25, 0.3) is 0 Å². The summed E-state index contributed by atoms with van der Waals surface area (Å²) in [4.78, 5) is 0. The Morgan fingerprint density at radius 2 is 1.45 bits per heavy atom. The largest absolute Gasteiger partial charge is 0.380 e. The van der Waals surface area contributed by atoms with Gasteiger partial charge in [0.2, 0.25) is 0 Å². The Kier molecular flexibility index (Phi) is 4.38. The van der Waals surface area contributed by atoms with Gasteiger partial charge in [-0.25, -0.2) is 13.2 Å². The second-order valence-corrected chi connectivity index (χ2v) is 4.21. The van der Waals surface area contributed by atoms with E-state index in [9.17, 15) is 39.5 Å². The van der Waals surface area contributed by atoms with Crippen LogP contribution in [-0.4, -0.2) is 43.1 Å². The second kappa shape index (κ2) is 5.12. The van der Waals surface area contributed by atoms with Gasteiger partial charge in [0.05, 0.1) is 12.7 Å². The predicted molar refractivity (Wildman–Crippen MR) is 49.2 cm³/mol. The summed E-state index contributed by atoms with van der Waals surface area (Å²) in [6.07, 6.45) is -9.64. The number of ether oxygens (including phenoxy) is 1.